The van der Waals surface area contributed by atoms with Gasteiger partial charge in [0.25, 0.3) is 0 Å². The van der Waals surface area contributed by atoms with Gasteiger partial charge in [0.1, 0.15) is 0 Å². The van der Waals surface area contributed by atoms with E-state index in [0.29, 0.717) is 13.1 Å². The number of hydrogen-bond acceptors (Lipinski definition) is 4. The molecule has 2 aromatic heterocycles. The lowest BCUT2D eigenvalue weighted by Crippen LogP contribution is -2.45. The van der Waals surface area contributed by atoms with Crippen LogP contribution in [0.5, 0.6) is 0 Å². The number of pyridine rings is 1. The van der Waals surface area contributed by atoms with Gasteiger partial charge in [-0.1, -0.05) is 6.07 Å². The van der Waals surface area contributed by atoms with Gasteiger partial charge in [0, 0.05) is 24.2 Å². The Bertz CT molecular complexity index is 1000. The molecular formula is C21H22N4O2S. The second kappa shape index (κ2) is 7.98. The third kappa shape index (κ3) is 3.99. The van der Waals surface area contributed by atoms with Crippen LogP contribution in [0.15, 0.2) is 47.8 Å². The van der Waals surface area contributed by atoms with Crippen molar-refractivity contribution in [3.05, 3.63) is 53.5 Å². The Kier molecular flexibility index (Phi) is 5.25. The Balaban J connectivity index is 1.44. The van der Waals surface area contributed by atoms with E-state index >= 15 is 0 Å². The molecule has 28 heavy (non-hydrogen) atoms. The number of amides is 3. The number of aromatic nitrogens is 1. The van der Waals surface area contributed by atoms with Crippen molar-refractivity contribution in [1.29, 1.82) is 0 Å². The highest BCUT2D eigenvalue weighted by atomic mass is 32.1. The van der Waals surface area contributed by atoms with Crippen LogP contribution in [0.2, 0.25) is 0 Å². The number of fused-ring (bicyclic) bond motifs is 1. The number of urea groups is 1. The fourth-order valence-electron chi connectivity index (χ4n) is 3.51. The number of nitrogens with zero attached hydrogens (tertiary/aromatic N) is 2. The number of nitrogens with one attached hydrogen (secondary N) is 2. The number of carbonyl (C=O) groups excluding carboxylic acids is 2. The van der Waals surface area contributed by atoms with Crippen LogP contribution in [-0.4, -0.2) is 34.9 Å². The van der Waals surface area contributed by atoms with Crippen molar-refractivity contribution in [2.24, 2.45) is 5.92 Å². The van der Waals surface area contributed by atoms with Crippen molar-refractivity contribution >= 4 is 44.9 Å². The summed E-state index contributed by atoms with van der Waals surface area (Å²) in [4.78, 5) is 31.6. The van der Waals surface area contributed by atoms with Crippen molar-refractivity contribution in [3.8, 4) is 0 Å². The van der Waals surface area contributed by atoms with E-state index in [2.05, 4.69) is 15.6 Å². The molecule has 0 spiro atoms. The highest BCUT2D eigenvalue weighted by molar-refractivity contribution is 7.14. The molecule has 7 heteroatoms. The molecule has 3 amide bonds. The molecule has 1 aromatic carbocycles. The van der Waals surface area contributed by atoms with E-state index in [1.54, 1.807) is 4.90 Å². The Hall–Kier alpha value is -2.93. The number of anilines is 2. The van der Waals surface area contributed by atoms with Crippen LogP contribution in [0.3, 0.4) is 0 Å². The number of benzene rings is 1. The van der Waals surface area contributed by atoms with Gasteiger partial charge in [0.15, 0.2) is 0 Å². The lowest BCUT2D eigenvalue weighted by Gasteiger charge is -2.32. The minimum atomic E-state index is -0.225. The minimum Gasteiger partial charge on any atom is -0.325 e. The molecule has 0 radical (unpaired) electrons. The topological polar surface area (TPSA) is 74.3 Å². The van der Waals surface area contributed by atoms with Crippen LogP contribution >= 0.6 is 11.3 Å². The molecular weight excluding hydrogens is 372 g/mol. The van der Waals surface area contributed by atoms with Crippen LogP contribution in [-0.2, 0) is 4.79 Å². The lowest BCUT2D eigenvalue weighted by molar-refractivity contribution is -0.121. The normalized spacial score (nSPS) is 16.8. The molecule has 4 rings (SSSR count). The molecule has 1 unspecified atom stereocenters. The molecule has 1 saturated heterocycles. The van der Waals surface area contributed by atoms with Gasteiger partial charge in [0.05, 0.1) is 22.1 Å². The molecule has 0 saturated carbocycles. The van der Waals surface area contributed by atoms with E-state index in [0.717, 1.165) is 40.1 Å². The predicted octanol–water partition coefficient (Wildman–Crippen LogP) is 4.49. The summed E-state index contributed by atoms with van der Waals surface area (Å²) in [7, 11) is 0. The highest BCUT2D eigenvalue weighted by Gasteiger charge is 2.29. The minimum absolute atomic E-state index is 0.0540. The number of piperidine rings is 1. The molecule has 1 aliphatic heterocycles. The molecule has 3 heterocycles. The van der Waals surface area contributed by atoms with Gasteiger partial charge < -0.3 is 10.2 Å². The SMILES string of the molecule is Cc1ccc2c(NC(=O)C3CCCN(C(=O)Nc4cccs4)C3)cccc2n1. The fourth-order valence-corrected chi connectivity index (χ4v) is 4.12. The van der Waals surface area contributed by atoms with Crippen LogP contribution in [0, 0.1) is 12.8 Å². The monoisotopic (exact) mass is 394 g/mol. The maximum Gasteiger partial charge on any atom is 0.322 e. The Morgan fingerprint density at radius 3 is 2.86 bits per heavy atom. The van der Waals surface area contributed by atoms with Gasteiger partial charge in [-0.3, -0.25) is 15.1 Å². The van der Waals surface area contributed by atoms with E-state index in [9.17, 15) is 9.59 Å². The molecule has 144 valence electrons. The zero-order valence-corrected chi connectivity index (χ0v) is 16.5. The van der Waals surface area contributed by atoms with E-state index in [1.807, 2.05) is 54.8 Å². The first-order valence-electron chi connectivity index (χ1n) is 9.37. The van der Waals surface area contributed by atoms with E-state index < -0.39 is 0 Å². The molecule has 1 aliphatic rings. The van der Waals surface area contributed by atoms with E-state index in [4.69, 9.17) is 0 Å². The molecule has 1 atom stereocenters. The maximum absolute atomic E-state index is 12.9. The second-order valence-corrected chi connectivity index (χ2v) is 7.95. The predicted molar refractivity (Wildman–Crippen MR) is 113 cm³/mol. The molecule has 2 N–H and O–H groups in total. The fraction of sp³-hybridized carbons (Fsp3) is 0.286. The smallest absolute Gasteiger partial charge is 0.322 e. The van der Waals surface area contributed by atoms with Crippen LogP contribution < -0.4 is 10.6 Å². The van der Waals surface area contributed by atoms with Crippen molar-refractivity contribution in [1.82, 2.24) is 9.88 Å². The number of likely N-dealkylation sites (tertiary alicyclic amines) is 1. The van der Waals surface area contributed by atoms with Crippen molar-refractivity contribution in [3.63, 3.8) is 0 Å². The zero-order chi connectivity index (χ0) is 19.5. The van der Waals surface area contributed by atoms with Crippen LogP contribution in [0.4, 0.5) is 15.5 Å². The molecule has 6 nitrogen and oxygen atoms in total. The number of aryl methyl sites for hydroxylation is 1. The van der Waals surface area contributed by atoms with Crippen molar-refractivity contribution in [2.45, 2.75) is 19.8 Å². The summed E-state index contributed by atoms with van der Waals surface area (Å²) < 4.78 is 0. The van der Waals surface area contributed by atoms with Gasteiger partial charge >= 0.3 is 6.03 Å². The van der Waals surface area contributed by atoms with Crippen LogP contribution in [0.1, 0.15) is 18.5 Å². The number of carbonyl (C=O) groups is 2. The summed E-state index contributed by atoms with van der Waals surface area (Å²) in [5.74, 6) is -0.279. The number of hydrogen-bond donors (Lipinski definition) is 2. The Labute approximate surface area is 167 Å². The average molecular weight is 395 g/mol. The largest absolute Gasteiger partial charge is 0.325 e. The maximum atomic E-state index is 12.9. The van der Waals surface area contributed by atoms with Gasteiger partial charge in [0.2, 0.25) is 5.91 Å². The third-order valence-electron chi connectivity index (χ3n) is 4.96. The van der Waals surface area contributed by atoms with E-state index in [-0.39, 0.29) is 17.9 Å². The van der Waals surface area contributed by atoms with E-state index in [1.165, 1.54) is 11.3 Å². The van der Waals surface area contributed by atoms with Gasteiger partial charge in [-0.2, -0.15) is 0 Å². The summed E-state index contributed by atoms with van der Waals surface area (Å²) in [5, 5.41) is 9.59. The highest BCUT2D eigenvalue weighted by Crippen LogP contribution is 2.25. The molecule has 3 aromatic rings. The Morgan fingerprint density at radius 1 is 1.14 bits per heavy atom. The summed E-state index contributed by atoms with van der Waals surface area (Å²) in [6.45, 7) is 3.03. The van der Waals surface area contributed by atoms with Crippen molar-refractivity contribution < 1.29 is 9.59 Å². The van der Waals surface area contributed by atoms with Crippen molar-refractivity contribution in [2.75, 3.05) is 23.7 Å². The summed E-state index contributed by atoms with van der Waals surface area (Å²) in [6, 6.07) is 13.3. The second-order valence-electron chi connectivity index (χ2n) is 7.01. The lowest BCUT2D eigenvalue weighted by atomic mass is 9.97. The molecule has 1 fully saturated rings. The summed E-state index contributed by atoms with van der Waals surface area (Å²) in [5.41, 5.74) is 2.56. The number of rotatable bonds is 3. The number of thiophene rings is 1. The summed E-state index contributed by atoms with van der Waals surface area (Å²) in [6.07, 6.45) is 1.59. The first-order valence-corrected chi connectivity index (χ1v) is 10.2. The van der Waals surface area contributed by atoms with Gasteiger partial charge in [-0.25, -0.2) is 4.79 Å². The quantitative estimate of drug-likeness (QED) is 0.687. The van der Waals surface area contributed by atoms with Gasteiger partial charge in [-0.05, 0) is 61.5 Å². The third-order valence-corrected chi connectivity index (χ3v) is 5.74. The molecule has 0 aliphatic carbocycles. The zero-order valence-electron chi connectivity index (χ0n) is 15.6. The standard InChI is InChI=1S/C21H22N4O2S/c1-14-9-10-16-17(22-14)6-2-7-18(16)23-20(26)15-5-3-11-25(13-15)21(27)24-19-8-4-12-28-19/h2,4,6-10,12,15H,3,5,11,13H2,1H3,(H,23,26)(H,24,27). The van der Waals surface area contributed by atoms with Gasteiger partial charge in [-0.15, -0.1) is 11.3 Å². The Morgan fingerprint density at radius 2 is 2.04 bits per heavy atom. The molecule has 0 bridgehead atoms. The first-order chi connectivity index (χ1) is 13.6. The van der Waals surface area contributed by atoms with Crippen LogP contribution in [0.25, 0.3) is 10.9 Å². The summed E-state index contributed by atoms with van der Waals surface area (Å²) >= 11 is 1.48. The average Bonchev–Trinajstić information content (AvgIpc) is 3.21. The first kappa shape index (κ1) is 18.4.